The average molecular weight is 463 g/mol. The van der Waals surface area contributed by atoms with Crippen LogP contribution in [0.1, 0.15) is 103 Å². The van der Waals surface area contributed by atoms with Crippen LogP contribution in [0.5, 0.6) is 0 Å². The fraction of sp³-hybridized carbons (Fsp3) is 0.556. The fourth-order valence-corrected chi connectivity index (χ4v) is 5.47. The topological polar surface area (TPSA) is 84.3 Å². The number of hydrogen-bond acceptors (Lipinski definition) is 4. The molecule has 7 heteroatoms. The largest absolute Gasteiger partial charge is 0.352 e. The first-order valence-electron chi connectivity index (χ1n) is 12.9. The summed E-state index contributed by atoms with van der Waals surface area (Å²) in [7, 11) is 0. The summed E-state index contributed by atoms with van der Waals surface area (Å²) in [6.45, 7) is 1.19. The number of pyridine rings is 2. The van der Waals surface area contributed by atoms with Crippen LogP contribution in [0.3, 0.4) is 0 Å². The first-order chi connectivity index (χ1) is 16.6. The summed E-state index contributed by atoms with van der Waals surface area (Å²) in [6.07, 6.45) is 17.5. The summed E-state index contributed by atoms with van der Waals surface area (Å²) in [5.74, 6) is -0.168. The molecule has 0 bridgehead atoms. The molecule has 2 amide bonds. The number of carbonyl (C=O) groups is 2. The van der Waals surface area contributed by atoms with Crippen molar-refractivity contribution in [3.05, 3.63) is 63.8 Å². The van der Waals surface area contributed by atoms with E-state index in [1.807, 2.05) is 16.7 Å². The number of nitrogens with one attached hydrogen (secondary N) is 1. The summed E-state index contributed by atoms with van der Waals surface area (Å²) < 4.78 is 1.91. The molecule has 2 aromatic rings. The monoisotopic (exact) mass is 462 g/mol. The van der Waals surface area contributed by atoms with Crippen molar-refractivity contribution in [2.75, 3.05) is 13.1 Å². The molecule has 7 nitrogen and oxygen atoms in total. The minimum atomic E-state index is -0.460. The van der Waals surface area contributed by atoms with Gasteiger partial charge in [0.05, 0.1) is 6.04 Å². The van der Waals surface area contributed by atoms with Crippen LogP contribution in [-0.2, 0) is 0 Å². The highest BCUT2D eigenvalue weighted by atomic mass is 16.2. The standard InChI is InChI=1S/C27H34N4O3/c32-25-22(26(33)29-15-19-7-2-1-3-8-19)17-30(21-11-12-21)18-23(25)27(34)31-14-5-4-10-24(31)20-9-6-13-28-16-20/h6,9,13,16-19,21,24H,1-5,7-8,10-12,14-15H2,(H,29,33)/t24-/m0/s1. The second kappa shape index (κ2) is 10.1. The number of aromatic nitrogens is 2. The molecule has 2 aliphatic carbocycles. The minimum Gasteiger partial charge on any atom is -0.352 e. The first-order valence-corrected chi connectivity index (χ1v) is 12.9. The molecule has 2 aromatic heterocycles. The Kier molecular flexibility index (Phi) is 6.79. The van der Waals surface area contributed by atoms with Crippen LogP contribution >= 0.6 is 0 Å². The Balaban J connectivity index is 1.42. The van der Waals surface area contributed by atoms with E-state index in [0.717, 1.165) is 50.5 Å². The van der Waals surface area contributed by atoms with Gasteiger partial charge < -0.3 is 14.8 Å². The Bertz CT molecular complexity index is 1090. The van der Waals surface area contributed by atoms with Gasteiger partial charge in [0, 0.05) is 43.9 Å². The van der Waals surface area contributed by atoms with Gasteiger partial charge in [-0.3, -0.25) is 19.4 Å². The second-order valence-corrected chi connectivity index (χ2v) is 10.1. The van der Waals surface area contributed by atoms with Crippen molar-refractivity contribution in [1.29, 1.82) is 0 Å². The third-order valence-electron chi connectivity index (χ3n) is 7.60. The Morgan fingerprint density at radius 1 is 0.971 bits per heavy atom. The number of hydrogen-bond donors (Lipinski definition) is 1. The molecule has 1 N–H and O–H groups in total. The third kappa shape index (κ3) is 4.93. The van der Waals surface area contributed by atoms with E-state index in [1.54, 1.807) is 29.7 Å². The molecule has 0 radical (unpaired) electrons. The molecule has 0 aromatic carbocycles. The van der Waals surface area contributed by atoms with Crippen LogP contribution in [0.2, 0.25) is 0 Å². The van der Waals surface area contributed by atoms with Crippen molar-refractivity contribution < 1.29 is 9.59 Å². The average Bonchev–Trinajstić information content (AvgIpc) is 3.74. The van der Waals surface area contributed by atoms with E-state index >= 15 is 0 Å². The van der Waals surface area contributed by atoms with Gasteiger partial charge in [0.2, 0.25) is 5.43 Å². The molecule has 1 saturated heterocycles. The molecule has 2 saturated carbocycles. The minimum absolute atomic E-state index is 0.0866. The van der Waals surface area contributed by atoms with Gasteiger partial charge in [-0.2, -0.15) is 0 Å². The lowest BCUT2D eigenvalue weighted by atomic mass is 9.89. The highest BCUT2D eigenvalue weighted by Gasteiger charge is 2.33. The molecule has 3 aliphatic rings. The number of carbonyl (C=O) groups excluding carboxylic acids is 2. The van der Waals surface area contributed by atoms with Crippen molar-refractivity contribution in [2.24, 2.45) is 5.92 Å². The Hall–Kier alpha value is -2.96. The zero-order valence-corrected chi connectivity index (χ0v) is 19.7. The molecule has 1 atom stereocenters. The smallest absolute Gasteiger partial charge is 0.259 e. The van der Waals surface area contributed by atoms with Crippen LogP contribution in [0.4, 0.5) is 0 Å². The number of amides is 2. The highest BCUT2D eigenvalue weighted by Crippen LogP contribution is 2.35. The lowest BCUT2D eigenvalue weighted by molar-refractivity contribution is 0.0609. The van der Waals surface area contributed by atoms with Gasteiger partial charge in [0.1, 0.15) is 11.1 Å². The van der Waals surface area contributed by atoms with E-state index in [-0.39, 0.29) is 35.0 Å². The molecular weight excluding hydrogens is 428 g/mol. The van der Waals surface area contributed by atoms with Crippen LogP contribution in [0, 0.1) is 5.92 Å². The molecular formula is C27H34N4O3. The van der Waals surface area contributed by atoms with E-state index in [4.69, 9.17) is 0 Å². The van der Waals surface area contributed by atoms with Crippen molar-refractivity contribution in [3.8, 4) is 0 Å². The quantitative estimate of drug-likeness (QED) is 0.695. The predicted octanol–water partition coefficient (Wildman–Crippen LogP) is 4.26. The maximum Gasteiger partial charge on any atom is 0.259 e. The molecule has 34 heavy (non-hydrogen) atoms. The summed E-state index contributed by atoms with van der Waals surface area (Å²) in [5, 5.41) is 2.99. The van der Waals surface area contributed by atoms with Gasteiger partial charge in [-0.1, -0.05) is 25.3 Å². The van der Waals surface area contributed by atoms with Gasteiger partial charge in [-0.25, -0.2) is 0 Å². The van der Waals surface area contributed by atoms with Crippen LogP contribution in [-0.4, -0.2) is 39.4 Å². The van der Waals surface area contributed by atoms with Gasteiger partial charge in [0.25, 0.3) is 11.8 Å². The van der Waals surface area contributed by atoms with Crippen molar-refractivity contribution in [3.63, 3.8) is 0 Å². The van der Waals surface area contributed by atoms with E-state index in [2.05, 4.69) is 10.3 Å². The van der Waals surface area contributed by atoms with E-state index in [0.29, 0.717) is 19.0 Å². The van der Waals surface area contributed by atoms with Crippen LogP contribution in [0.15, 0.2) is 41.7 Å². The second-order valence-electron chi connectivity index (χ2n) is 10.1. The fourth-order valence-electron chi connectivity index (χ4n) is 5.47. The van der Waals surface area contributed by atoms with Crippen LogP contribution in [0.25, 0.3) is 0 Å². The Labute approximate surface area is 200 Å². The summed E-state index contributed by atoms with van der Waals surface area (Å²) in [4.78, 5) is 46.3. The lowest BCUT2D eigenvalue weighted by Crippen LogP contribution is -2.42. The van der Waals surface area contributed by atoms with E-state index < -0.39 is 5.43 Å². The van der Waals surface area contributed by atoms with Crippen molar-refractivity contribution in [2.45, 2.75) is 76.3 Å². The molecule has 0 unspecified atom stereocenters. The highest BCUT2D eigenvalue weighted by molar-refractivity contribution is 5.99. The van der Waals surface area contributed by atoms with Crippen molar-refractivity contribution >= 4 is 11.8 Å². The van der Waals surface area contributed by atoms with Crippen molar-refractivity contribution in [1.82, 2.24) is 19.8 Å². The first kappa shape index (κ1) is 22.8. The molecule has 1 aliphatic heterocycles. The number of nitrogens with zero attached hydrogens (tertiary/aromatic N) is 3. The molecule has 5 rings (SSSR count). The normalized spacial score (nSPS) is 21.3. The maximum atomic E-state index is 13.7. The van der Waals surface area contributed by atoms with Gasteiger partial charge in [-0.15, -0.1) is 0 Å². The van der Waals surface area contributed by atoms with E-state index in [9.17, 15) is 14.4 Å². The molecule has 3 fully saturated rings. The number of likely N-dealkylation sites (tertiary alicyclic amines) is 1. The lowest BCUT2D eigenvalue weighted by Gasteiger charge is -2.36. The Morgan fingerprint density at radius 3 is 2.47 bits per heavy atom. The van der Waals surface area contributed by atoms with E-state index in [1.165, 1.54) is 19.3 Å². The molecule has 0 spiro atoms. The zero-order valence-electron chi connectivity index (χ0n) is 19.7. The van der Waals surface area contributed by atoms with Gasteiger partial charge in [0.15, 0.2) is 0 Å². The summed E-state index contributed by atoms with van der Waals surface area (Å²) >= 11 is 0. The summed E-state index contributed by atoms with van der Waals surface area (Å²) in [6, 6.07) is 4.02. The SMILES string of the molecule is O=C(NCC1CCCCC1)c1cn(C2CC2)cc(C(=O)N2CCCC[C@H]2c2cccnc2)c1=O. The Morgan fingerprint density at radius 2 is 1.74 bits per heavy atom. The van der Waals surface area contributed by atoms with Gasteiger partial charge >= 0.3 is 0 Å². The predicted molar refractivity (Wildman–Crippen MR) is 130 cm³/mol. The van der Waals surface area contributed by atoms with Gasteiger partial charge in [-0.05, 0) is 62.5 Å². The molecule has 180 valence electrons. The number of rotatable bonds is 6. The maximum absolute atomic E-state index is 13.7. The molecule has 3 heterocycles. The zero-order chi connectivity index (χ0) is 23.5. The summed E-state index contributed by atoms with van der Waals surface area (Å²) in [5.41, 5.74) is 0.717. The third-order valence-corrected chi connectivity index (χ3v) is 7.60. The number of piperidine rings is 1. The van der Waals surface area contributed by atoms with Crippen LogP contribution < -0.4 is 10.7 Å².